The van der Waals surface area contributed by atoms with Crippen LogP contribution in [0.15, 0.2) is 82.9 Å². The molecule has 3 unspecified atom stereocenters. The quantitative estimate of drug-likeness (QED) is 0.120. The Morgan fingerprint density at radius 3 is 1.82 bits per heavy atom. The van der Waals surface area contributed by atoms with E-state index in [0.29, 0.717) is 29.8 Å². The molecule has 2 aromatic carbocycles. The van der Waals surface area contributed by atoms with Crippen molar-refractivity contribution < 1.29 is 19.5 Å². The number of aromatic amines is 4. The van der Waals surface area contributed by atoms with Crippen molar-refractivity contribution in [1.82, 2.24) is 49.5 Å². The third-order valence-corrected chi connectivity index (χ3v) is 9.41. The van der Waals surface area contributed by atoms with Gasteiger partial charge in [-0.15, -0.1) is 0 Å². The highest BCUT2D eigenvalue weighted by Crippen LogP contribution is 2.25. The molecule has 1 aliphatic heterocycles. The van der Waals surface area contributed by atoms with Gasteiger partial charge in [-0.05, 0) is 24.0 Å². The molecule has 7 rings (SSSR count). The number of fused-ring (bicyclic) bond motifs is 2. The van der Waals surface area contributed by atoms with Crippen LogP contribution in [0.2, 0.25) is 0 Å². The van der Waals surface area contributed by atoms with Gasteiger partial charge in [0.15, 0.2) is 11.3 Å². The van der Waals surface area contributed by atoms with Gasteiger partial charge >= 0.3 is 0 Å². The Labute approximate surface area is 299 Å². The first-order valence-electron chi connectivity index (χ1n) is 15.8. The van der Waals surface area contributed by atoms with Gasteiger partial charge in [0.25, 0.3) is 17.0 Å². The summed E-state index contributed by atoms with van der Waals surface area (Å²) in [5.41, 5.74) is 1.40. The van der Waals surface area contributed by atoms with E-state index in [4.69, 9.17) is 29.3 Å². The summed E-state index contributed by atoms with van der Waals surface area (Å²) < 4.78 is 3.50. The minimum atomic E-state index is -0.796. The zero-order valence-corrected chi connectivity index (χ0v) is 29.1. The van der Waals surface area contributed by atoms with Gasteiger partial charge in [-0.25, -0.2) is 15.0 Å². The number of amides is 2. The van der Waals surface area contributed by atoms with Crippen molar-refractivity contribution in [3.8, 4) is 0 Å². The first-order valence-corrected chi connectivity index (χ1v) is 16.7. The summed E-state index contributed by atoms with van der Waals surface area (Å²) in [4.78, 5) is 65.3. The number of hydroxylamine groups is 2. The fraction of sp³-hybridized carbons (Fsp3) is 0.273. The Hall–Kier alpha value is -5.56. The number of nitrogens with one attached hydrogen (secondary N) is 4. The molecular weight excluding hydrogens is 697 g/mol. The summed E-state index contributed by atoms with van der Waals surface area (Å²) in [6, 6.07) is 16.8. The van der Waals surface area contributed by atoms with Crippen molar-refractivity contribution in [1.29, 1.82) is 0 Å². The number of benzene rings is 2. The number of hydrogen-bond acceptors (Lipinski definition) is 10. The number of H-pyrrole nitrogens is 4. The average Bonchev–Trinajstić information content (AvgIpc) is 3.73. The van der Waals surface area contributed by atoms with Gasteiger partial charge in [0.1, 0.15) is 32.1 Å². The largest absolute Gasteiger partial charge is 0.391 e. The van der Waals surface area contributed by atoms with Crippen molar-refractivity contribution in [2.24, 2.45) is 0 Å². The van der Waals surface area contributed by atoms with Crippen molar-refractivity contribution in [2.45, 2.75) is 31.0 Å². The Morgan fingerprint density at radius 2 is 1.33 bits per heavy atom. The molecule has 0 aliphatic carbocycles. The first-order chi connectivity index (χ1) is 24.6. The maximum Gasteiger partial charge on any atom is 0.276 e. The third-order valence-electron chi connectivity index (χ3n) is 8.58. The van der Waals surface area contributed by atoms with Crippen LogP contribution in [0.5, 0.6) is 0 Å². The number of likely N-dealkylation sites (tertiary alicyclic amines) is 1. The lowest BCUT2D eigenvalue weighted by Gasteiger charge is -2.33. The maximum absolute atomic E-state index is 13.4. The molecule has 4 aromatic heterocycles. The van der Waals surface area contributed by atoms with Gasteiger partial charge in [0.2, 0.25) is 5.91 Å². The van der Waals surface area contributed by atoms with Crippen LogP contribution in [0.25, 0.3) is 22.1 Å². The molecule has 0 radical (unpaired) electrons. The van der Waals surface area contributed by atoms with E-state index in [1.54, 1.807) is 21.6 Å². The number of carbonyl (C=O) groups excluding carboxylic acids is 2. The number of aliphatic hydroxyl groups is 1. The predicted octanol–water partition coefficient (Wildman–Crippen LogP) is 2.75. The van der Waals surface area contributed by atoms with Crippen molar-refractivity contribution in [3.63, 3.8) is 0 Å². The number of rotatable bonds is 7. The average molecular weight is 731 g/mol. The molecule has 264 valence electrons. The molecule has 6 aromatic rings. The summed E-state index contributed by atoms with van der Waals surface area (Å²) in [5, 5.41) is 21.8. The molecule has 1 aliphatic rings. The van der Waals surface area contributed by atoms with E-state index in [9.17, 15) is 24.3 Å². The zero-order chi connectivity index (χ0) is 36.2. The molecule has 18 heteroatoms. The topological polar surface area (TPSA) is 203 Å². The molecule has 3 atom stereocenters. The van der Waals surface area contributed by atoms with E-state index in [0.717, 1.165) is 17.0 Å². The molecule has 0 spiro atoms. The fourth-order valence-electron chi connectivity index (χ4n) is 5.96. The maximum atomic E-state index is 13.4. The monoisotopic (exact) mass is 730 g/mol. The zero-order valence-electron chi connectivity index (χ0n) is 27.5. The van der Waals surface area contributed by atoms with E-state index in [1.807, 2.05) is 48.5 Å². The standard InChI is InChI=1S/C18H19N5O3S.C15H15N5O3S/c24-12-7-4-8-22(9-12)17(26)14(11-5-2-1-3-6-11)23-10-19-15-13(18(23)27)16(25)21-20-15;1-19(23-2)14(22)11(9-6-4-3-5-7-9)20-8-16-12-10(15(20)24)13(21)18-17-12/h1-3,5-6,10,12,14,24H,4,7-9H2,(H2,20,21,25);3-8,11H,1-2H3,(H2,17,18,21). The molecule has 5 N–H and O–H groups in total. The number of piperidine rings is 1. The van der Waals surface area contributed by atoms with Crippen LogP contribution in [0.1, 0.15) is 36.1 Å². The van der Waals surface area contributed by atoms with Crippen LogP contribution in [0.4, 0.5) is 0 Å². The van der Waals surface area contributed by atoms with Gasteiger partial charge < -0.3 is 19.1 Å². The van der Waals surface area contributed by atoms with Crippen LogP contribution in [0.3, 0.4) is 0 Å². The smallest absolute Gasteiger partial charge is 0.276 e. The molecule has 16 nitrogen and oxygen atoms in total. The number of carbonyl (C=O) groups is 2. The Kier molecular flexibility index (Phi) is 10.5. The van der Waals surface area contributed by atoms with Gasteiger partial charge in [-0.2, -0.15) is 0 Å². The Bertz CT molecular complexity index is 2420. The molecule has 0 bridgehead atoms. The summed E-state index contributed by atoms with van der Waals surface area (Å²) >= 11 is 10.9. The van der Waals surface area contributed by atoms with E-state index in [-0.39, 0.29) is 49.5 Å². The van der Waals surface area contributed by atoms with E-state index < -0.39 is 18.2 Å². The van der Waals surface area contributed by atoms with Crippen LogP contribution >= 0.6 is 24.4 Å². The predicted molar refractivity (Wildman–Crippen MR) is 192 cm³/mol. The van der Waals surface area contributed by atoms with Gasteiger partial charge in [-0.3, -0.25) is 44.4 Å². The van der Waals surface area contributed by atoms with Crippen molar-refractivity contribution in [2.75, 3.05) is 27.2 Å². The molecule has 0 saturated carbocycles. The second-order valence-electron chi connectivity index (χ2n) is 11.7. The van der Waals surface area contributed by atoms with Crippen LogP contribution in [0, 0.1) is 9.28 Å². The lowest BCUT2D eigenvalue weighted by molar-refractivity contribution is -0.171. The normalized spacial score (nSPS) is 15.6. The Balaban J connectivity index is 0.000000177. The molecular formula is C33H34N10O6S2. The highest BCUT2D eigenvalue weighted by molar-refractivity contribution is 7.71. The molecule has 1 fully saturated rings. The highest BCUT2D eigenvalue weighted by atomic mass is 32.1. The molecule has 2 amide bonds. The number of nitrogens with zero attached hydrogens (tertiary/aromatic N) is 6. The lowest BCUT2D eigenvalue weighted by Crippen LogP contribution is -2.45. The second kappa shape index (κ2) is 15.1. The first kappa shape index (κ1) is 35.3. The number of aliphatic hydroxyl groups excluding tert-OH is 1. The van der Waals surface area contributed by atoms with Crippen molar-refractivity contribution in [3.05, 3.63) is 114 Å². The number of likely N-dealkylation sites (N-methyl/N-ethyl adjacent to an activating group) is 1. The molecule has 5 heterocycles. The minimum absolute atomic E-state index is 0.177. The molecule has 1 saturated heterocycles. The van der Waals surface area contributed by atoms with Gasteiger partial charge in [-0.1, -0.05) is 85.1 Å². The fourth-order valence-corrected chi connectivity index (χ4v) is 6.65. The Morgan fingerprint density at radius 1 is 0.843 bits per heavy atom. The van der Waals surface area contributed by atoms with Gasteiger partial charge in [0.05, 0.1) is 25.9 Å². The van der Waals surface area contributed by atoms with Crippen LogP contribution < -0.4 is 11.1 Å². The minimum Gasteiger partial charge on any atom is -0.391 e. The molecule has 51 heavy (non-hydrogen) atoms. The summed E-state index contributed by atoms with van der Waals surface area (Å²) in [5.74, 6) is -0.517. The highest BCUT2D eigenvalue weighted by Gasteiger charge is 2.31. The van der Waals surface area contributed by atoms with Gasteiger partial charge in [0, 0.05) is 20.1 Å². The third kappa shape index (κ3) is 7.07. The summed E-state index contributed by atoms with van der Waals surface area (Å²) in [7, 11) is 2.91. The van der Waals surface area contributed by atoms with Crippen LogP contribution in [-0.4, -0.2) is 99.7 Å². The van der Waals surface area contributed by atoms with E-state index in [2.05, 4.69) is 30.4 Å². The summed E-state index contributed by atoms with van der Waals surface area (Å²) in [6.45, 7) is 0.864. The van der Waals surface area contributed by atoms with E-state index in [1.165, 1.54) is 31.4 Å². The van der Waals surface area contributed by atoms with Crippen LogP contribution in [-0.2, 0) is 14.4 Å². The van der Waals surface area contributed by atoms with E-state index >= 15 is 0 Å². The SMILES string of the molecule is CON(C)C(=O)C(c1ccccc1)n1cnc2[nH][nH]c(=O)c2c1=S.O=C(C(c1ccccc1)n1cnc2[nH][nH]c(=O)c2c1=S)N1CCCC(O)C1. The number of aromatic nitrogens is 8. The number of β-amino-alcohol motifs (C(OH)–C–C–N with tert-alkyl or cyclic N) is 1. The number of hydrogen-bond donors (Lipinski definition) is 5. The second-order valence-corrected chi connectivity index (χ2v) is 12.5. The lowest BCUT2D eigenvalue weighted by atomic mass is 10.0. The summed E-state index contributed by atoms with van der Waals surface area (Å²) in [6.07, 6.45) is 3.82. The van der Waals surface area contributed by atoms with Crippen molar-refractivity contribution >= 4 is 58.3 Å².